The van der Waals surface area contributed by atoms with Crippen LogP contribution in [0.3, 0.4) is 0 Å². The molecule has 0 radical (unpaired) electrons. The first-order valence-electron chi connectivity index (χ1n) is 7.33. The van der Waals surface area contributed by atoms with Gasteiger partial charge in [0.1, 0.15) is 0 Å². The highest BCUT2D eigenvalue weighted by molar-refractivity contribution is 7.91. The average molecular weight is 372 g/mol. The third kappa shape index (κ3) is 5.35. The Morgan fingerprint density at radius 2 is 2.17 bits per heavy atom. The first kappa shape index (κ1) is 18.5. The fraction of sp³-hybridized carbons (Fsp3) is 0.375. The highest BCUT2D eigenvalue weighted by Gasteiger charge is 2.32. The molecule has 0 N–H and O–H groups in total. The Bertz CT molecular complexity index is 759. The fourth-order valence-corrected chi connectivity index (χ4v) is 4.31. The van der Waals surface area contributed by atoms with Crippen molar-refractivity contribution in [3.63, 3.8) is 0 Å². The monoisotopic (exact) mass is 371 g/mol. The van der Waals surface area contributed by atoms with E-state index in [1.807, 2.05) is 0 Å². The Kier molecular flexibility index (Phi) is 6.01. The van der Waals surface area contributed by atoms with Crippen LogP contribution < -0.4 is 0 Å². The molecule has 1 atom stereocenters. The molecule has 1 fully saturated rings. The number of carbonyl (C=O) groups excluding carboxylic acids is 2. The van der Waals surface area contributed by atoms with Crippen molar-refractivity contribution in [1.82, 2.24) is 4.90 Å². The van der Waals surface area contributed by atoms with E-state index in [0.29, 0.717) is 11.4 Å². The Balaban J connectivity index is 1.82. The van der Waals surface area contributed by atoms with Crippen molar-refractivity contribution in [3.05, 3.63) is 40.9 Å². The van der Waals surface area contributed by atoms with E-state index < -0.39 is 28.3 Å². The van der Waals surface area contributed by atoms with Crippen molar-refractivity contribution in [2.75, 3.05) is 25.2 Å². The number of benzene rings is 1. The summed E-state index contributed by atoms with van der Waals surface area (Å²) in [5, 5.41) is 0.550. The average Bonchev–Trinajstić information content (AvgIpc) is 2.90. The Hall–Kier alpha value is -1.86. The lowest BCUT2D eigenvalue weighted by atomic mass is 10.2. The van der Waals surface area contributed by atoms with Crippen LogP contribution >= 0.6 is 11.6 Å². The summed E-state index contributed by atoms with van der Waals surface area (Å²) < 4.78 is 27.8. The number of halogens is 1. The van der Waals surface area contributed by atoms with Crippen LogP contribution in [-0.2, 0) is 24.2 Å². The molecular weight excluding hydrogens is 354 g/mol. The molecule has 0 spiro atoms. The summed E-state index contributed by atoms with van der Waals surface area (Å²) >= 11 is 5.84. The van der Waals surface area contributed by atoms with Crippen LogP contribution in [0, 0.1) is 0 Å². The van der Waals surface area contributed by atoms with Crippen molar-refractivity contribution >= 4 is 39.4 Å². The number of nitrogens with zero attached hydrogens (tertiary/aromatic N) is 1. The zero-order chi connectivity index (χ0) is 17.7. The second-order valence-corrected chi connectivity index (χ2v) is 8.22. The smallest absolute Gasteiger partial charge is 0.331 e. The largest absolute Gasteiger partial charge is 0.452 e. The van der Waals surface area contributed by atoms with Crippen LogP contribution in [0.15, 0.2) is 30.3 Å². The molecule has 1 heterocycles. The summed E-state index contributed by atoms with van der Waals surface area (Å²) in [5.74, 6) is -1.05. The molecule has 1 aromatic carbocycles. The van der Waals surface area contributed by atoms with Crippen LogP contribution in [-0.4, -0.2) is 56.4 Å². The normalized spacial score (nSPS) is 19.3. The summed E-state index contributed by atoms with van der Waals surface area (Å²) in [6, 6.07) is 6.57. The fourth-order valence-electron chi connectivity index (χ4n) is 2.34. The topological polar surface area (TPSA) is 80.8 Å². The van der Waals surface area contributed by atoms with Gasteiger partial charge in [-0.2, -0.15) is 0 Å². The van der Waals surface area contributed by atoms with E-state index in [-0.39, 0.29) is 17.5 Å². The van der Waals surface area contributed by atoms with Gasteiger partial charge in [-0.15, -0.1) is 0 Å². The van der Waals surface area contributed by atoms with Gasteiger partial charge in [-0.3, -0.25) is 4.79 Å². The maximum atomic E-state index is 12.0. The molecule has 2 rings (SSSR count). The molecule has 6 nitrogen and oxygen atoms in total. The number of sulfone groups is 1. The van der Waals surface area contributed by atoms with Gasteiger partial charge in [-0.25, -0.2) is 13.2 Å². The Labute approximate surface area is 146 Å². The molecule has 0 unspecified atom stereocenters. The van der Waals surface area contributed by atoms with Gasteiger partial charge in [0, 0.05) is 24.2 Å². The summed E-state index contributed by atoms with van der Waals surface area (Å²) in [6.07, 6.45) is 3.15. The minimum absolute atomic E-state index is 0.0438. The van der Waals surface area contributed by atoms with E-state index in [2.05, 4.69) is 0 Å². The van der Waals surface area contributed by atoms with Gasteiger partial charge in [0.15, 0.2) is 16.4 Å². The SMILES string of the molecule is CN(C(=O)COC(=O)/C=C/c1cccc(Cl)c1)[C@@H]1CCS(=O)(=O)C1. The van der Waals surface area contributed by atoms with Gasteiger partial charge in [-0.1, -0.05) is 23.7 Å². The molecule has 0 aromatic heterocycles. The third-order valence-electron chi connectivity index (χ3n) is 3.75. The first-order valence-corrected chi connectivity index (χ1v) is 9.53. The lowest BCUT2D eigenvalue weighted by molar-refractivity contribution is -0.148. The Morgan fingerprint density at radius 1 is 1.42 bits per heavy atom. The van der Waals surface area contributed by atoms with Gasteiger partial charge < -0.3 is 9.64 Å². The molecule has 0 saturated carbocycles. The summed E-state index contributed by atoms with van der Waals surface area (Å²) in [5.41, 5.74) is 0.735. The van der Waals surface area contributed by atoms with E-state index in [9.17, 15) is 18.0 Å². The van der Waals surface area contributed by atoms with Crippen molar-refractivity contribution in [2.45, 2.75) is 12.5 Å². The summed E-state index contributed by atoms with van der Waals surface area (Å²) in [7, 11) is -1.55. The molecule has 0 bridgehead atoms. The number of likely N-dealkylation sites (N-methyl/N-ethyl adjacent to an activating group) is 1. The van der Waals surface area contributed by atoms with Crippen LogP contribution in [0.2, 0.25) is 5.02 Å². The van der Waals surface area contributed by atoms with Gasteiger partial charge >= 0.3 is 5.97 Å². The predicted molar refractivity (Wildman–Crippen MR) is 91.3 cm³/mol. The van der Waals surface area contributed by atoms with Gasteiger partial charge in [0.25, 0.3) is 5.91 Å². The maximum Gasteiger partial charge on any atom is 0.331 e. The molecule has 1 saturated heterocycles. The molecule has 8 heteroatoms. The van der Waals surface area contributed by atoms with Crippen molar-refractivity contribution in [3.8, 4) is 0 Å². The number of hydrogen-bond acceptors (Lipinski definition) is 5. The number of ether oxygens (including phenoxy) is 1. The molecule has 1 aromatic rings. The maximum absolute atomic E-state index is 12.0. The minimum Gasteiger partial charge on any atom is -0.452 e. The Morgan fingerprint density at radius 3 is 2.79 bits per heavy atom. The number of hydrogen-bond donors (Lipinski definition) is 0. The molecular formula is C16H18ClNO5S. The molecule has 0 aliphatic carbocycles. The standard InChI is InChI=1S/C16H18ClNO5S/c1-18(14-7-8-24(21,22)11-14)15(19)10-23-16(20)6-5-12-3-2-4-13(17)9-12/h2-6,9,14H,7-8,10-11H2,1H3/b6-5+/t14-/m1/s1. The second kappa shape index (κ2) is 7.81. The van der Waals surface area contributed by atoms with E-state index in [1.54, 1.807) is 24.3 Å². The van der Waals surface area contributed by atoms with Crippen LogP contribution in [0.1, 0.15) is 12.0 Å². The van der Waals surface area contributed by atoms with Crippen LogP contribution in [0.25, 0.3) is 6.08 Å². The second-order valence-electron chi connectivity index (χ2n) is 5.56. The third-order valence-corrected chi connectivity index (χ3v) is 5.73. The zero-order valence-electron chi connectivity index (χ0n) is 13.1. The van der Waals surface area contributed by atoms with E-state index in [0.717, 1.165) is 5.56 Å². The lowest BCUT2D eigenvalue weighted by Crippen LogP contribution is -2.40. The van der Waals surface area contributed by atoms with Crippen LogP contribution in [0.5, 0.6) is 0 Å². The zero-order valence-corrected chi connectivity index (χ0v) is 14.7. The molecule has 1 aliphatic rings. The minimum atomic E-state index is -3.07. The summed E-state index contributed by atoms with van der Waals surface area (Å²) in [6.45, 7) is -0.425. The number of carbonyl (C=O) groups is 2. The quantitative estimate of drug-likeness (QED) is 0.579. The number of rotatable bonds is 5. The summed E-state index contributed by atoms with van der Waals surface area (Å²) in [4.78, 5) is 25.0. The molecule has 1 aliphatic heterocycles. The molecule has 24 heavy (non-hydrogen) atoms. The van der Waals surface area contributed by atoms with Crippen molar-refractivity contribution < 1.29 is 22.7 Å². The van der Waals surface area contributed by atoms with Gasteiger partial charge in [0.2, 0.25) is 0 Å². The van der Waals surface area contributed by atoms with Crippen LogP contribution in [0.4, 0.5) is 0 Å². The number of amides is 1. The van der Waals surface area contributed by atoms with E-state index in [1.165, 1.54) is 24.1 Å². The number of esters is 1. The van der Waals surface area contributed by atoms with Crippen molar-refractivity contribution in [2.24, 2.45) is 0 Å². The molecule has 130 valence electrons. The van der Waals surface area contributed by atoms with E-state index in [4.69, 9.17) is 16.3 Å². The van der Waals surface area contributed by atoms with Gasteiger partial charge in [0.05, 0.1) is 11.5 Å². The highest BCUT2D eigenvalue weighted by Crippen LogP contribution is 2.16. The van der Waals surface area contributed by atoms with Crippen molar-refractivity contribution in [1.29, 1.82) is 0 Å². The lowest BCUT2D eigenvalue weighted by Gasteiger charge is -2.22. The first-order chi connectivity index (χ1) is 11.3. The van der Waals surface area contributed by atoms with E-state index >= 15 is 0 Å². The molecule has 1 amide bonds. The predicted octanol–water partition coefficient (Wildman–Crippen LogP) is 1.54. The van der Waals surface area contributed by atoms with Gasteiger partial charge in [-0.05, 0) is 30.2 Å². The highest BCUT2D eigenvalue weighted by atomic mass is 35.5.